The standard InChI is InChI=1S/C9H10ClNO3S/c1-6-4-9(7(2)3-8(6)10)15(14)5-11(12)13/h3-4H,5H2,1-2H3. The molecule has 6 heteroatoms. The summed E-state index contributed by atoms with van der Waals surface area (Å²) in [6, 6.07) is 3.31. The van der Waals surface area contributed by atoms with Crippen molar-refractivity contribution < 1.29 is 9.13 Å². The zero-order valence-corrected chi connectivity index (χ0v) is 9.89. The predicted octanol–water partition coefficient (Wildman–Crippen LogP) is 2.30. The van der Waals surface area contributed by atoms with E-state index in [0.29, 0.717) is 15.5 Å². The lowest BCUT2D eigenvalue weighted by Gasteiger charge is -2.06. The molecule has 0 radical (unpaired) electrons. The molecule has 82 valence electrons. The fraction of sp³-hybridized carbons (Fsp3) is 0.333. The van der Waals surface area contributed by atoms with Crippen molar-refractivity contribution in [3.05, 3.63) is 38.4 Å². The van der Waals surface area contributed by atoms with Crippen LogP contribution in [-0.4, -0.2) is 15.0 Å². The summed E-state index contributed by atoms with van der Waals surface area (Å²) in [6.45, 7) is 3.51. The minimum absolute atomic E-state index is 0.480. The van der Waals surface area contributed by atoms with Crippen molar-refractivity contribution in [1.29, 1.82) is 0 Å². The summed E-state index contributed by atoms with van der Waals surface area (Å²) in [6.07, 6.45) is 0. The number of nitro groups is 1. The topological polar surface area (TPSA) is 60.2 Å². The van der Waals surface area contributed by atoms with Crippen LogP contribution in [0.4, 0.5) is 0 Å². The minimum atomic E-state index is -1.60. The molecule has 0 N–H and O–H groups in total. The van der Waals surface area contributed by atoms with Crippen molar-refractivity contribution in [2.24, 2.45) is 0 Å². The van der Waals surface area contributed by atoms with Gasteiger partial charge in [-0.15, -0.1) is 0 Å². The second-order valence-corrected chi connectivity index (χ2v) is 4.97. The van der Waals surface area contributed by atoms with Crippen molar-refractivity contribution in [2.75, 3.05) is 5.88 Å². The average Bonchev–Trinajstić information content (AvgIpc) is 2.09. The lowest BCUT2D eigenvalue weighted by atomic mass is 10.2. The second-order valence-electron chi connectivity index (χ2n) is 3.17. The molecule has 0 bridgehead atoms. The fourth-order valence-electron chi connectivity index (χ4n) is 1.17. The molecular weight excluding hydrogens is 238 g/mol. The Morgan fingerprint density at radius 2 is 2.00 bits per heavy atom. The van der Waals surface area contributed by atoms with Gasteiger partial charge >= 0.3 is 0 Å². The van der Waals surface area contributed by atoms with E-state index in [1.165, 1.54) is 0 Å². The van der Waals surface area contributed by atoms with Gasteiger partial charge in [0.25, 0.3) is 5.88 Å². The Morgan fingerprint density at radius 3 is 2.53 bits per heavy atom. The van der Waals surface area contributed by atoms with Crippen LogP contribution in [0.25, 0.3) is 0 Å². The first-order chi connectivity index (χ1) is 6.91. The van der Waals surface area contributed by atoms with E-state index in [-0.39, 0.29) is 0 Å². The Labute approximate surface area is 94.9 Å². The number of hydrogen-bond donors (Lipinski definition) is 0. The zero-order chi connectivity index (χ0) is 11.6. The highest BCUT2D eigenvalue weighted by molar-refractivity contribution is 7.84. The van der Waals surface area contributed by atoms with E-state index in [1.807, 2.05) is 0 Å². The Hall–Kier alpha value is -0.940. The van der Waals surface area contributed by atoms with Crippen molar-refractivity contribution in [2.45, 2.75) is 18.7 Å². The Bertz CT molecular complexity index is 434. The van der Waals surface area contributed by atoms with Crippen LogP contribution in [0, 0.1) is 24.0 Å². The summed E-state index contributed by atoms with van der Waals surface area (Å²) in [5.74, 6) is -0.568. The Morgan fingerprint density at radius 1 is 1.40 bits per heavy atom. The van der Waals surface area contributed by atoms with Gasteiger partial charge in [-0.05, 0) is 37.1 Å². The smallest absolute Gasteiger partial charge is 0.264 e. The van der Waals surface area contributed by atoms with E-state index in [0.717, 1.165) is 5.56 Å². The van der Waals surface area contributed by atoms with Gasteiger partial charge in [0.2, 0.25) is 0 Å². The molecule has 1 unspecified atom stereocenters. The van der Waals surface area contributed by atoms with Gasteiger partial charge < -0.3 is 0 Å². The lowest BCUT2D eigenvalue weighted by Crippen LogP contribution is -2.09. The second kappa shape index (κ2) is 4.72. The molecule has 4 nitrogen and oxygen atoms in total. The van der Waals surface area contributed by atoms with Crippen LogP contribution in [0.15, 0.2) is 17.0 Å². The maximum atomic E-state index is 11.6. The summed E-state index contributed by atoms with van der Waals surface area (Å²) >= 11 is 5.86. The quantitative estimate of drug-likeness (QED) is 0.608. The summed E-state index contributed by atoms with van der Waals surface area (Å²) in [7, 11) is -1.60. The van der Waals surface area contributed by atoms with Crippen molar-refractivity contribution in [3.8, 4) is 0 Å². The Kier molecular flexibility index (Phi) is 3.82. The third kappa shape index (κ3) is 3.00. The summed E-state index contributed by atoms with van der Waals surface area (Å²) in [5.41, 5.74) is 1.49. The summed E-state index contributed by atoms with van der Waals surface area (Å²) in [4.78, 5) is 10.1. The third-order valence-electron chi connectivity index (χ3n) is 1.92. The molecule has 1 rings (SSSR count). The summed E-state index contributed by atoms with van der Waals surface area (Å²) < 4.78 is 11.6. The maximum Gasteiger partial charge on any atom is 0.281 e. The number of halogens is 1. The van der Waals surface area contributed by atoms with Gasteiger partial charge in [0.15, 0.2) is 0 Å². The van der Waals surface area contributed by atoms with Crippen LogP contribution in [0.1, 0.15) is 11.1 Å². The number of rotatable bonds is 3. The van der Waals surface area contributed by atoms with Gasteiger partial charge in [-0.25, -0.2) is 4.21 Å². The monoisotopic (exact) mass is 247 g/mol. The molecule has 1 atom stereocenters. The van der Waals surface area contributed by atoms with Crippen LogP contribution in [0.5, 0.6) is 0 Å². The van der Waals surface area contributed by atoms with Crippen molar-refractivity contribution in [3.63, 3.8) is 0 Å². The first-order valence-electron chi connectivity index (χ1n) is 4.18. The molecule has 0 amide bonds. The van der Waals surface area contributed by atoms with E-state index < -0.39 is 21.6 Å². The summed E-state index contributed by atoms with van der Waals surface area (Å²) in [5, 5.41) is 10.8. The van der Waals surface area contributed by atoms with Gasteiger partial charge in [-0.3, -0.25) is 10.1 Å². The normalized spacial score (nSPS) is 12.5. The largest absolute Gasteiger partial charge is 0.281 e. The van der Waals surface area contributed by atoms with Crippen LogP contribution < -0.4 is 0 Å². The van der Waals surface area contributed by atoms with Crippen molar-refractivity contribution >= 4 is 22.4 Å². The minimum Gasteiger partial charge on any atom is -0.264 e. The van der Waals surface area contributed by atoms with Crippen LogP contribution >= 0.6 is 11.6 Å². The van der Waals surface area contributed by atoms with E-state index in [1.54, 1.807) is 26.0 Å². The van der Waals surface area contributed by atoms with E-state index in [9.17, 15) is 14.3 Å². The van der Waals surface area contributed by atoms with E-state index >= 15 is 0 Å². The highest BCUT2D eigenvalue weighted by Gasteiger charge is 2.14. The number of hydrogen-bond acceptors (Lipinski definition) is 3. The number of benzene rings is 1. The maximum absolute atomic E-state index is 11.6. The van der Waals surface area contributed by atoms with Gasteiger partial charge in [-0.1, -0.05) is 11.6 Å². The van der Waals surface area contributed by atoms with Gasteiger partial charge in [0.1, 0.15) is 10.8 Å². The van der Waals surface area contributed by atoms with E-state index in [2.05, 4.69) is 0 Å². The molecule has 1 aromatic rings. The van der Waals surface area contributed by atoms with Gasteiger partial charge in [-0.2, -0.15) is 0 Å². The SMILES string of the molecule is Cc1cc(S(=O)C[N+](=O)[O-])c(C)cc1Cl. The first-order valence-corrected chi connectivity index (χ1v) is 5.88. The molecule has 0 aliphatic rings. The highest BCUT2D eigenvalue weighted by Crippen LogP contribution is 2.22. The molecule has 15 heavy (non-hydrogen) atoms. The van der Waals surface area contributed by atoms with Crippen LogP contribution in [-0.2, 0) is 10.8 Å². The van der Waals surface area contributed by atoms with Gasteiger partial charge in [0.05, 0.1) is 0 Å². The molecule has 0 spiro atoms. The molecule has 0 saturated heterocycles. The molecule has 0 fully saturated rings. The predicted molar refractivity (Wildman–Crippen MR) is 59.2 cm³/mol. The van der Waals surface area contributed by atoms with Crippen LogP contribution in [0.3, 0.4) is 0 Å². The number of aryl methyl sites for hydroxylation is 2. The van der Waals surface area contributed by atoms with Crippen molar-refractivity contribution in [1.82, 2.24) is 0 Å². The lowest BCUT2D eigenvalue weighted by molar-refractivity contribution is -0.457. The third-order valence-corrected chi connectivity index (χ3v) is 3.71. The molecule has 0 saturated carbocycles. The molecule has 0 aliphatic carbocycles. The molecule has 0 aromatic heterocycles. The Balaban J connectivity index is 3.09. The highest BCUT2D eigenvalue weighted by atomic mass is 35.5. The molecule has 0 aliphatic heterocycles. The van der Waals surface area contributed by atoms with E-state index in [4.69, 9.17) is 11.6 Å². The zero-order valence-electron chi connectivity index (χ0n) is 8.32. The van der Waals surface area contributed by atoms with Gasteiger partial charge in [0, 0.05) is 14.8 Å². The molecular formula is C9H10ClNO3S. The molecule has 0 heterocycles. The average molecular weight is 248 g/mol. The fourth-order valence-corrected chi connectivity index (χ4v) is 2.44. The number of nitrogens with zero attached hydrogens (tertiary/aromatic N) is 1. The first kappa shape index (κ1) is 12.1. The van der Waals surface area contributed by atoms with Crippen LogP contribution in [0.2, 0.25) is 5.02 Å². The molecule has 1 aromatic carbocycles.